The van der Waals surface area contributed by atoms with E-state index in [2.05, 4.69) is 29.4 Å². The number of fused-ring (bicyclic) bond motifs is 1. The van der Waals surface area contributed by atoms with Crippen LogP contribution in [0.3, 0.4) is 0 Å². The maximum absolute atomic E-state index is 6.09. The van der Waals surface area contributed by atoms with Gasteiger partial charge in [-0.25, -0.2) is 4.98 Å². The molecule has 0 saturated heterocycles. The van der Waals surface area contributed by atoms with Crippen molar-refractivity contribution < 1.29 is 0 Å². The Morgan fingerprint density at radius 3 is 2.70 bits per heavy atom. The third kappa shape index (κ3) is 2.70. The van der Waals surface area contributed by atoms with Gasteiger partial charge < -0.3 is 9.47 Å². The van der Waals surface area contributed by atoms with Crippen LogP contribution in [0.5, 0.6) is 0 Å². The molecule has 0 unspecified atom stereocenters. The van der Waals surface area contributed by atoms with Crippen LogP contribution >= 0.6 is 11.6 Å². The summed E-state index contributed by atoms with van der Waals surface area (Å²) in [5.74, 6) is 1.92. The molecule has 0 atom stereocenters. The molecular weight excluding hydrogens is 270 g/mol. The van der Waals surface area contributed by atoms with Crippen LogP contribution in [0.2, 0.25) is 5.02 Å². The molecule has 20 heavy (non-hydrogen) atoms. The minimum Gasteiger partial charge on any atom is -0.326 e. The Morgan fingerprint density at radius 2 is 2.05 bits per heavy atom. The zero-order valence-corrected chi connectivity index (χ0v) is 13.0. The predicted octanol–water partition coefficient (Wildman–Crippen LogP) is 3.91. The molecule has 3 rings (SSSR count). The van der Waals surface area contributed by atoms with Gasteiger partial charge in [-0.05, 0) is 44.1 Å². The molecular formula is C16H22ClN3. The fourth-order valence-electron chi connectivity index (χ4n) is 2.79. The molecule has 0 aliphatic heterocycles. The zero-order chi connectivity index (χ0) is 14.1. The number of rotatable bonds is 6. The second kappa shape index (κ2) is 5.74. The van der Waals surface area contributed by atoms with E-state index >= 15 is 0 Å². The average Bonchev–Trinajstić information content (AvgIpc) is 3.23. The van der Waals surface area contributed by atoms with E-state index in [1.807, 2.05) is 12.1 Å². The zero-order valence-electron chi connectivity index (χ0n) is 12.3. The highest BCUT2D eigenvalue weighted by molar-refractivity contribution is 6.31. The van der Waals surface area contributed by atoms with Crippen LogP contribution in [0.1, 0.15) is 38.4 Å². The Balaban J connectivity index is 1.92. The van der Waals surface area contributed by atoms with Crippen molar-refractivity contribution in [3.8, 4) is 0 Å². The van der Waals surface area contributed by atoms with Gasteiger partial charge in [-0.1, -0.05) is 25.4 Å². The van der Waals surface area contributed by atoms with Gasteiger partial charge in [0.25, 0.3) is 0 Å². The van der Waals surface area contributed by atoms with Gasteiger partial charge in [0, 0.05) is 24.0 Å². The molecule has 1 heterocycles. The second-order valence-corrected chi connectivity index (χ2v) is 5.99. The summed E-state index contributed by atoms with van der Waals surface area (Å²) in [4.78, 5) is 7.28. The lowest BCUT2D eigenvalue weighted by Gasteiger charge is -2.19. The third-order valence-corrected chi connectivity index (χ3v) is 4.45. The summed E-state index contributed by atoms with van der Waals surface area (Å²) in [7, 11) is 0. The highest BCUT2D eigenvalue weighted by atomic mass is 35.5. The summed E-state index contributed by atoms with van der Waals surface area (Å²) in [6, 6.07) is 6.06. The van der Waals surface area contributed by atoms with Crippen molar-refractivity contribution in [2.75, 3.05) is 19.6 Å². The molecule has 1 aliphatic rings. The molecule has 0 amide bonds. The van der Waals surface area contributed by atoms with Gasteiger partial charge in [0.2, 0.25) is 0 Å². The van der Waals surface area contributed by atoms with Crippen molar-refractivity contribution >= 4 is 22.6 Å². The van der Waals surface area contributed by atoms with Crippen LogP contribution in [0.4, 0.5) is 0 Å². The van der Waals surface area contributed by atoms with Gasteiger partial charge in [-0.3, -0.25) is 0 Å². The molecule has 1 aliphatic carbocycles. The number of imidazole rings is 1. The lowest BCUT2D eigenvalue weighted by Crippen LogP contribution is -2.27. The molecule has 0 bridgehead atoms. The molecule has 1 aromatic heterocycles. The molecule has 1 saturated carbocycles. The highest BCUT2D eigenvalue weighted by Crippen LogP contribution is 2.40. The first-order valence-corrected chi connectivity index (χ1v) is 7.98. The SMILES string of the molecule is CCN(CC)CCn1c(C2CC2)nc2cc(Cl)ccc21. The normalized spacial score (nSPS) is 15.4. The molecule has 108 valence electrons. The van der Waals surface area contributed by atoms with Crippen LogP contribution < -0.4 is 0 Å². The Morgan fingerprint density at radius 1 is 1.30 bits per heavy atom. The third-order valence-electron chi connectivity index (χ3n) is 4.22. The molecule has 3 nitrogen and oxygen atoms in total. The van der Waals surface area contributed by atoms with Crippen molar-refractivity contribution in [1.29, 1.82) is 0 Å². The van der Waals surface area contributed by atoms with Crippen molar-refractivity contribution in [2.24, 2.45) is 0 Å². The number of aromatic nitrogens is 2. The Bertz CT molecular complexity index is 597. The van der Waals surface area contributed by atoms with E-state index in [-0.39, 0.29) is 0 Å². The molecule has 0 N–H and O–H groups in total. The quantitative estimate of drug-likeness (QED) is 0.804. The van der Waals surface area contributed by atoms with Crippen molar-refractivity contribution in [3.63, 3.8) is 0 Å². The van der Waals surface area contributed by atoms with Gasteiger partial charge in [0.15, 0.2) is 0 Å². The van der Waals surface area contributed by atoms with Gasteiger partial charge in [-0.2, -0.15) is 0 Å². The first kappa shape index (κ1) is 13.9. The molecule has 1 aromatic carbocycles. The predicted molar refractivity (Wildman–Crippen MR) is 84.5 cm³/mol. The largest absolute Gasteiger partial charge is 0.326 e. The van der Waals surface area contributed by atoms with Crippen LogP contribution in [0.25, 0.3) is 11.0 Å². The van der Waals surface area contributed by atoms with Crippen LogP contribution in [-0.2, 0) is 6.54 Å². The fourth-order valence-corrected chi connectivity index (χ4v) is 2.96. The van der Waals surface area contributed by atoms with Crippen molar-refractivity contribution in [3.05, 3.63) is 29.0 Å². The molecule has 1 fully saturated rings. The van der Waals surface area contributed by atoms with Crippen LogP contribution in [0, 0.1) is 0 Å². The summed E-state index contributed by atoms with van der Waals surface area (Å²) < 4.78 is 2.40. The minimum absolute atomic E-state index is 0.665. The number of likely N-dealkylation sites (N-methyl/N-ethyl adjacent to an activating group) is 1. The first-order valence-electron chi connectivity index (χ1n) is 7.61. The summed E-state index contributed by atoms with van der Waals surface area (Å²) >= 11 is 6.09. The number of benzene rings is 1. The number of nitrogens with zero attached hydrogens (tertiary/aromatic N) is 3. The monoisotopic (exact) mass is 291 g/mol. The Labute approximate surface area is 125 Å². The van der Waals surface area contributed by atoms with Gasteiger partial charge in [0.1, 0.15) is 5.82 Å². The molecule has 4 heteroatoms. The summed E-state index contributed by atoms with van der Waals surface area (Å²) in [6.07, 6.45) is 2.56. The van der Waals surface area contributed by atoms with E-state index in [4.69, 9.17) is 16.6 Å². The summed E-state index contributed by atoms with van der Waals surface area (Å²) in [5.41, 5.74) is 2.27. The maximum atomic E-state index is 6.09. The van der Waals surface area contributed by atoms with Crippen LogP contribution in [0.15, 0.2) is 18.2 Å². The van der Waals surface area contributed by atoms with Gasteiger partial charge in [0.05, 0.1) is 11.0 Å². The van der Waals surface area contributed by atoms with Crippen molar-refractivity contribution in [2.45, 2.75) is 39.2 Å². The van der Waals surface area contributed by atoms with E-state index in [1.165, 1.54) is 24.2 Å². The average molecular weight is 292 g/mol. The lowest BCUT2D eigenvalue weighted by molar-refractivity contribution is 0.290. The Kier molecular flexibility index (Phi) is 3.99. The topological polar surface area (TPSA) is 21.1 Å². The first-order chi connectivity index (χ1) is 9.72. The summed E-state index contributed by atoms with van der Waals surface area (Å²) in [5, 5.41) is 0.772. The number of hydrogen-bond acceptors (Lipinski definition) is 2. The minimum atomic E-state index is 0.665. The molecule has 0 radical (unpaired) electrons. The standard InChI is InChI=1S/C16H22ClN3/c1-3-19(4-2)9-10-20-15-8-7-13(17)11-14(15)18-16(20)12-5-6-12/h7-8,11-12H,3-6,9-10H2,1-2H3. The second-order valence-electron chi connectivity index (χ2n) is 5.56. The number of halogens is 1. The van der Waals surface area contributed by atoms with Gasteiger partial charge >= 0.3 is 0 Å². The van der Waals surface area contributed by atoms with E-state index in [9.17, 15) is 0 Å². The lowest BCUT2D eigenvalue weighted by atomic mass is 10.3. The van der Waals surface area contributed by atoms with E-state index in [1.54, 1.807) is 0 Å². The summed E-state index contributed by atoms with van der Waals surface area (Å²) in [6.45, 7) is 8.75. The van der Waals surface area contributed by atoms with E-state index in [0.717, 1.165) is 36.7 Å². The van der Waals surface area contributed by atoms with Crippen LogP contribution in [-0.4, -0.2) is 34.1 Å². The maximum Gasteiger partial charge on any atom is 0.113 e. The van der Waals surface area contributed by atoms with Gasteiger partial charge in [-0.15, -0.1) is 0 Å². The van der Waals surface area contributed by atoms with Crippen molar-refractivity contribution in [1.82, 2.24) is 14.5 Å². The molecule has 0 spiro atoms. The van der Waals surface area contributed by atoms with E-state index < -0.39 is 0 Å². The Hall–Kier alpha value is -1.06. The highest BCUT2D eigenvalue weighted by Gasteiger charge is 2.29. The van der Waals surface area contributed by atoms with E-state index in [0.29, 0.717) is 5.92 Å². The fraction of sp³-hybridized carbons (Fsp3) is 0.562. The number of hydrogen-bond donors (Lipinski definition) is 0. The smallest absolute Gasteiger partial charge is 0.113 e. The molecule has 2 aromatic rings.